The lowest BCUT2D eigenvalue weighted by molar-refractivity contribution is -0.122. The molecule has 2 atom stereocenters. The predicted molar refractivity (Wildman–Crippen MR) is 107 cm³/mol. The smallest absolute Gasteiger partial charge is 0.228 e. The average molecular weight is 380 g/mol. The van der Waals surface area contributed by atoms with Crippen LogP contribution in [0, 0.1) is 5.82 Å². The van der Waals surface area contributed by atoms with Gasteiger partial charge in [-0.3, -0.25) is 4.79 Å². The zero-order chi connectivity index (χ0) is 19.9. The molecule has 3 aromatic rings. The first kappa shape index (κ1) is 19.8. The predicted octanol–water partition coefficient (Wildman–Crippen LogP) is 4.16. The summed E-state index contributed by atoms with van der Waals surface area (Å²) in [6.45, 7) is 0.478. The minimum absolute atomic E-state index is 0.0580. The Morgan fingerprint density at radius 1 is 1.00 bits per heavy atom. The van der Waals surface area contributed by atoms with Crippen molar-refractivity contribution < 1.29 is 13.6 Å². The van der Waals surface area contributed by atoms with Gasteiger partial charge >= 0.3 is 0 Å². The van der Waals surface area contributed by atoms with Gasteiger partial charge in [0.25, 0.3) is 0 Å². The molecule has 3 rings (SSSR count). The molecule has 28 heavy (non-hydrogen) atoms. The summed E-state index contributed by atoms with van der Waals surface area (Å²) in [7, 11) is 3.98. The van der Waals surface area contributed by atoms with E-state index in [1.165, 1.54) is 12.1 Å². The van der Waals surface area contributed by atoms with Crippen LogP contribution in [-0.4, -0.2) is 31.4 Å². The van der Waals surface area contributed by atoms with E-state index >= 15 is 0 Å². The summed E-state index contributed by atoms with van der Waals surface area (Å²) in [5.74, 6) is -0.162. The Morgan fingerprint density at radius 2 is 1.71 bits per heavy atom. The van der Waals surface area contributed by atoms with Gasteiger partial charge in [0, 0.05) is 13.0 Å². The van der Waals surface area contributed by atoms with Crippen molar-refractivity contribution in [3.8, 4) is 0 Å². The van der Waals surface area contributed by atoms with Crippen molar-refractivity contribution in [2.75, 3.05) is 20.6 Å². The van der Waals surface area contributed by atoms with E-state index in [0.717, 1.165) is 16.9 Å². The molecule has 1 amide bonds. The van der Waals surface area contributed by atoms with E-state index in [-0.39, 0.29) is 17.8 Å². The van der Waals surface area contributed by atoms with Gasteiger partial charge in [0.1, 0.15) is 11.6 Å². The van der Waals surface area contributed by atoms with E-state index in [2.05, 4.69) is 22.3 Å². The van der Waals surface area contributed by atoms with Crippen LogP contribution in [-0.2, 0) is 11.2 Å². The maximum absolute atomic E-state index is 13.3. The van der Waals surface area contributed by atoms with Crippen LogP contribution in [0.3, 0.4) is 0 Å². The highest BCUT2D eigenvalue weighted by Gasteiger charge is 2.24. The van der Waals surface area contributed by atoms with E-state index in [9.17, 15) is 9.18 Å². The third-order valence-electron chi connectivity index (χ3n) is 4.85. The van der Waals surface area contributed by atoms with E-state index in [1.54, 1.807) is 24.5 Å². The molecule has 0 saturated carbocycles. The highest BCUT2D eigenvalue weighted by atomic mass is 19.1. The summed E-state index contributed by atoms with van der Waals surface area (Å²) in [6, 6.07) is 19.8. The second-order valence-corrected chi connectivity index (χ2v) is 7.02. The lowest BCUT2D eigenvalue weighted by Crippen LogP contribution is -2.37. The van der Waals surface area contributed by atoms with Crippen molar-refractivity contribution in [1.29, 1.82) is 0 Å². The van der Waals surface area contributed by atoms with Crippen LogP contribution in [0.5, 0.6) is 0 Å². The summed E-state index contributed by atoms with van der Waals surface area (Å²) < 4.78 is 18.8. The summed E-state index contributed by atoms with van der Waals surface area (Å²) in [5.41, 5.74) is 1.90. The molecular weight excluding hydrogens is 355 g/mol. The Kier molecular flexibility index (Phi) is 6.61. The number of nitrogens with one attached hydrogen (secondary N) is 1. The number of rotatable bonds is 8. The highest BCUT2D eigenvalue weighted by Crippen LogP contribution is 2.23. The van der Waals surface area contributed by atoms with Gasteiger partial charge in [-0.25, -0.2) is 4.39 Å². The number of benzene rings is 2. The lowest BCUT2D eigenvalue weighted by atomic mass is 9.93. The molecule has 2 aromatic carbocycles. The SMILES string of the molecule is CN(C)C(CNC(=O)C(Cc1ccco1)c1ccc(F)cc1)c1ccccc1. The standard InChI is InChI=1S/C23H25FN2O2/c1-26(2)22(18-7-4-3-5-8-18)16-25-23(27)21(15-20-9-6-14-28-20)17-10-12-19(24)13-11-17/h3-14,21-22H,15-16H2,1-2H3,(H,25,27). The second kappa shape index (κ2) is 9.33. The Labute approximate surface area is 165 Å². The number of likely N-dealkylation sites (N-methyl/N-ethyl adjacent to an activating group) is 1. The molecule has 2 unspecified atom stereocenters. The molecule has 146 valence electrons. The van der Waals surface area contributed by atoms with E-state index < -0.39 is 5.92 Å². The molecule has 0 radical (unpaired) electrons. The van der Waals surface area contributed by atoms with Gasteiger partial charge in [-0.2, -0.15) is 0 Å². The number of hydrogen-bond acceptors (Lipinski definition) is 3. The molecular formula is C23H25FN2O2. The molecule has 0 saturated heterocycles. The zero-order valence-corrected chi connectivity index (χ0v) is 16.1. The lowest BCUT2D eigenvalue weighted by Gasteiger charge is -2.26. The molecule has 0 fully saturated rings. The highest BCUT2D eigenvalue weighted by molar-refractivity contribution is 5.84. The third-order valence-corrected chi connectivity index (χ3v) is 4.85. The molecule has 1 heterocycles. The first-order valence-corrected chi connectivity index (χ1v) is 9.31. The maximum Gasteiger partial charge on any atom is 0.228 e. The topological polar surface area (TPSA) is 45.5 Å². The fourth-order valence-electron chi connectivity index (χ4n) is 3.28. The van der Waals surface area contributed by atoms with Crippen LogP contribution in [0.1, 0.15) is 28.8 Å². The maximum atomic E-state index is 13.3. The Hall–Kier alpha value is -2.92. The van der Waals surface area contributed by atoms with Crippen molar-refractivity contribution in [3.05, 3.63) is 95.7 Å². The number of carbonyl (C=O) groups is 1. The van der Waals surface area contributed by atoms with E-state index in [1.807, 2.05) is 38.4 Å². The fourth-order valence-corrected chi connectivity index (χ4v) is 3.28. The minimum Gasteiger partial charge on any atom is -0.469 e. The summed E-state index contributed by atoms with van der Waals surface area (Å²) in [6.07, 6.45) is 2.01. The van der Waals surface area contributed by atoms with Crippen LogP contribution in [0.2, 0.25) is 0 Å². The van der Waals surface area contributed by atoms with Gasteiger partial charge in [0.15, 0.2) is 0 Å². The fraction of sp³-hybridized carbons (Fsp3) is 0.261. The van der Waals surface area contributed by atoms with Gasteiger partial charge in [-0.1, -0.05) is 42.5 Å². The molecule has 4 nitrogen and oxygen atoms in total. The van der Waals surface area contributed by atoms with Crippen LogP contribution in [0.15, 0.2) is 77.4 Å². The molecule has 0 aliphatic heterocycles. The molecule has 0 bridgehead atoms. The molecule has 0 spiro atoms. The van der Waals surface area contributed by atoms with Crippen molar-refractivity contribution in [1.82, 2.24) is 10.2 Å². The Bertz CT molecular complexity index is 861. The van der Waals surface area contributed by atoms with Crippen LogP contribution in [0.25, 0.3) is 0 Å². The van der Waals surface area contributed by atoms with Gasteiger partial charge in [0.05, 0.1) is 18.2 Å². The second-order valence-electron chi connectivity index (χ2n) is 7.02. The van der Waals surface area contributed by atoms with Crippen molar-refractivity contribution in [2.45, 2.75) is 18.4 Å². The van der Waals surface area contributed by atoms with Gasteiger partial charge in [-0.15, -0.1) is 0 Å². The van der Waals surface area contributed by atoms with Crippen LogP contribution >= 0.6 is 0 Å². The number of halogens is 1. The van der Waals surface area contributed by atoms with Crippen LogP contribution in [0.4, 0.5) is 4.39 Å². The molecule has 1 N–H and O–H groups in total. The monoisotopic (exact) mass is 380 g/mol. The number of amides is 1. The van der Waals surface area contributed by atoms with E-state index in [4.69, 9.17) is 4.42 Å². The van der Waals surface area contributed by atoms with Crippen molar-refractivity contribution in [3.63, 3.8) is 0 Å². The average Bonchev–Trinajstić information content (AvgIpc) is 3.21. The van der Waals surface area contributed by atoms with Crippen LogP contribution < -0.4 is 5.32 Å². The summed E-state index contributed by atoms with van der Waals surface area (Å²) >= 11 is 0. The Morgan fingerprint density at radius 3 is 2.32 bits per heavy atom. The third kappa shape index (κ3) is 5.08. The first-order valence-electron chi connectivity index (χ1n) is 9.31. The van der Waals surface area contributed by atoms with Gasteiger partial charge < -0.3 is 14.6 Å². The number of nitrogens with zero attached hydrogens (tertiary/aromatic N) is 1. The van der Waals surface area contributed by atoms with Crippen molar-refractivity contribution in [2.24, 2.45) is 0 Å². The molecule has 0 aliphatic carbocycles. The van der Waals surface area contributed by atoms with Gasteiger partial charge in [-0.05, 0) is 49.5 Å². The largest absolute Gasteiger partial charge is 0.469 e. The van der Waals surface area contributed by atoms with E-state index in [0.29, 0.717) is 13.0 Å². The molecule has 1 aromatic heterocycles. The number of furan rings is 1. The quantitative estimate of drug-likeness (QED) is 0.638. The molecule has 0 aliphatic rings. The number of hydrogen-bond donors (Lipinski definition) is 1. The first-order chi connectivity index (χ1) is 13.5. The Balaban J connectivity index is 1.75. The zero-order valence-electron chi connectivity index (χ0n) is 16.1. The van der Waals surface area contributed by atoms with Crippen molar-refractivity contribution >= 4 is 5.91 Å². The van der Waals surface area contributed by atoms with Gasteiger partial charge in [0.2, 0.25) is 5.91 Å². The minimum atomic E-state index is -0.453. The summed E-state index contributed by atoms with van der Waals surface area (Å²) in [5, 5.41) is 3.07. The number of carbonyl (C=O) groups excluding carboxylic acids is 1. The molecule has 5 heteroatoms. The normalized spacial score (nSPS) is 13.3. The summed E-state index contributed by atoms with van der Waals surface area (Å²) in [4.78, 5) is 15.1.